The normalized spacial score (nSPS) is 20.4. The van der Waals surface area contributed by atoms with Crippen molar-refractivity contribution in [3.05, 3.63) is 29.8 Å². The molecule has 2 rings (SSSR count). The third-order valence-corrected chi connectivity index (χ3v) is 3.89. The van der Waals surface area contributed by atoms with Gasteiger partial charge in [-0.15, -0.1) is 0 Å². The molecule has 0 amide bonds. The highest BCUT2D eigenvalue weighted by Crippen LogP contribution is 2.19. The van der Waals surface area contributed by atoms with Gasteiger partial charge in [-0.05, 0) is 50.4 Å². The Morgan fingerprint density at radius 3 is 2.95 bits per heavy atom. The summed E-state index contributed by atoms with van der Waals surface area (Å²) >= 11 is 0. The summed E-state index contributed by atoms with van der Waals surface area (Å²) in [6.45, 7) is 5.95. The highest BCUT2D eigenvalue weighted by atomic mass is 16.5. The first kappa shape index (κ1) is 14.9. The highest BCUT2D eigenvalue weighted by Gasteiger charge is 2.14. The van der Waals surface area contributed by atoms with E-state index in [1.54, 1.807) is 24.3 Å². The molecule has 0 aliphatic carbocycles. The van der Waals surface area contributed by atoms with E-state index in [4.69, 9.17) is 9.84 Å². The van der Waals surface area contributed by atoms with Gasteiger partial charge >= 0.3 is 5.97 Å². The van der Waals surface area contributed by atoms with Gasteiger partial charge in [0, 0.05) is 6.54 Å². The maximum absolute atomic E-state index is 11.1. The van der Waals surface area contributed by atoms with Crippen molar-refractivity contribution in [1.29, 1.82) is 0 Å². The summed E-state index contributed by atoms with van der Waals surface area (Å²) in [7, 11) is 0. The first-order valence-electron chi connectivity index (χ1n) is 7.34. The minimum absolute atomic E-state index is 0.233. The summed E-state index contributed by atoms with van der Waals surface area (Å²) in [6.07, 6.45) is 3.79. The molecule has 1 unspecified atom stereocenters. The summed E-state index contributed by atoms with van der Waals surface area (Å²) in [4.78, 5) is 13.5. The van der Waals surface area contributed by atoms with E-state index in [0.717, 1.165) is 25.6 Å². The topological polar surface area (TPSA) is 49.8 Å². The number of likely N-dealkylation sites (tertiary alicyclic amines) is 1. The van der Waals surface area contributed by atoms with Gasteiger partial charge in [0.05, 0.1) is 0 Å². The predicted molar refractivity (Wildman–Crippen MR) is 78.4 cm³/mol. The van der Waals surface area contributed by atoms with Crippen molar-refractivity contribution < 1.29 is 14.6 Å². The molecule has 110 valence electrons. The molecule has 0 aromatic heterocycles. The molecular weight excluding hydrogens is 254 g/mol. The van der Waals surface area contributed by atoms with Gasteiger partial charge in [0.1, 0.15) is 17.9 Å². The van der Waals surface area contributed by atoms with Crippen molar-refractivity contribution in [3.8, 4) is 5.75 Å². The molecule has 1 aromatic rings. The zero-order chi connectivity index (χ0) is 14.4. The second kappa shape index (κ2) is 7.29. The van der Waals surface area contributed by atoms with E-state index in [9.17, 15) is 4.79 Å². The Morgan fingerprint density at radius 1 is 1.35 bits per heavy atom. The number of carboxylic acid groups (broad SMARTS) is 1. The maximum atomic E-state index is 11.1. The van der Waals surface area contributed by atoms with Crippen LogP contribution in [0.1, 0.15) is 36.5 Å². The molecule has 4 heteroatoms. The molecule has 1 aliphatic heterocycles. The van der Waals surface area contributed by atoms with Gasteiger partial charge in [-0.3, -0.25) is 4.90 Å². The summed E-state index contributed by atoms with van der Waals surface area (Å²) < 4.78 is 5.65. The van der Waals surface area contributed by atoms with Crippen LogP contribution in [0.4, 0.5) is 0 Å². The van der Waals surface area contributed by atoms with Crippen LogP contribution in [0.2, 0.25) is 0 Å². The standard InChI is InChI=1S/C16H23NO3/c1-13-5-4-9-17(10-8-13)11-12-20-15-7-3-2-6-14(15)16(18)19/h2-3,6-7,13H,4-5,8-12H2,1H3,(H,18,19). The first-order chi connectivity index (χ1) is 9.66. The number of rotatable bonds is 5. The van der Waals surface area contributed by atoms with Crippen LogP contribution in [0.3, 0.4) is 0 Å². The molecular formula is C16H23NO3. The molecule has 0 spiro atoms. The molecule has 0 bridgehead atoms. The first-order valence-corrected chi connectivity index (χ1v) is 7.34. The number of ether oxygens (including phenoxy) is 1. The highest BCUT2D eigenvalue weighted by molar-refractivity contribution is 5.90. The van der Waals surface area contributed by atoms with Crippen LogP contribution < -0.4 is 4.74 Å². The van der Waals surface area contributed by atoms with Gasteiger partial charge in [-0.2, -0.15) is 0 Å². The number of benzene rings is 1. The number of para-hydroxylation sites is 1. The Bertz CT molecular complexity index is 447. The van der Waals surface area contributed by atoms with Gasteiger partial charge in [-0.25, -0.2) is 4.79 Å². The minimum atomic E-state index is -0.941. The number of aromatic carboxylic acids is 1. The van der Waals surface area contributed by atoms with Crippen molar-refractivity contribution in [2.24, 2.45) is 5.92 Å². The van der Waals surface area contributed by atoms with Gasteiger partial charge in [0.25, 0.3) is 0 Å². The average molecular weight is 277 g/mol. The largest absolute Gasteiger partial charge is 0.491 e. The Balaban J connectivity index is 1.82. The number of hydrogen-bond acceptors (Lipinski definition) is 3. The van der Waals surface area contributed by atoms with Crippen LogP contribution in [-0.4, -0.2) is 42.2 Å². The van der Waals surface area contributed by atoms with E-state index in [0.29, 0.717) is 12.4 Å². The fourth-order valence-electron chi connectivity index (χ4n) is 2.60. The summed E-state index contributed by atoms with van der Waals surface area (Å²) in [5.74, 6) is 0.334. The molecule has 1 fully saturated rings. The summed E-state index contributed by atoms with van der Waals surface area (Å²) in [5, 5.41) is 9.09. The van der Waals surface area contributed by atoms with Crippen molar-refractivity contribution in [1.82, 2.24) is 4.90 Å². The van der Waals surface area contributed by atoms with Crippen LogP contribution >= 0.6 is 0 Å². The molecule has 1 saturated heterocycles. The van der Waals surface area contributed by atoms with Crippen molar-refractivity contribution >= 4 is 5.97 Å². The lowest BCUT2D eigenvalue weighted by Crippen LogP contribution is -2.29. The average Bonchev–Trinajstić information content (AvgIpc) is 2.64. The quantitative estimate of drug-likeness (QED) is 0.899. The maximum Gasteiger partial charge on any atom is 0.339 e. The van der Waals surface area contributed by atoms with Crippen LogP contribution in [0.5, 0.6) is 5.75 Å². The number of hydrogen-bond donors (Lipinski definition) is 1. The van der Waals surface area contributed by atoms with Crippen LogP contribution in [0, 0.1) is 5.92 Å². The van der Waals surface area contributed by atoms with Crippen molar-refractivity contribution in [2.45, 2.75) is 26.2 Å². The number of carboxylic acids is 1. The molecule has 20 heavy (non-hydrogen) atoms. The van der Waals surface area contributed by atoms with E-state index in [-0.39, 0.29) is 5.56 Å². The molecule has 4 nitrogen and oxygen atoms in total. The molecule has 1 heterocycles. The Hall–Kier alpha value is -1.55. The Kier molecular flexibility index (Phi) is 5.41. The number of nitrogens with zero attached hydrogens (tertiary/aromatic N) is 1. The SMILES string of the molecule is CC1CCCN(CCOc2ccccc2C(=O)O)CC1. The van der Waals surface area contributed by atoms with E-state index < -0.39 is 5.97 Å². The molecule has 1 atom stereocenters. The van der Waals surface area contributed by atoms with E-state index >= 15 is 0 Å². The van der Waals surface area contributed by atoms with E-state index in [1.807, 2.05) is 0 Å². The molecule has 1 aromatic carbocycles. The fourth-order valence-corrected chi connectivity index (χ4v) is 2.60. The smallest absolute Gasteiger partial charge is 0.339 e. The molecule has 0 saturated carbocycles. The van der Waals surface area contributed by atoms with Gasteiger partial charge in [0.15, 0.2) is 0 Å². The summed E-state index contributed by atoms with van der Waals surface area (Å²) in [6, 6.07) is 6.81. The Labute approximate surface area is 120 Å². The molecule has 0 radical (unpaired) electrons. The van der Waals surface area contributed by atoms with E-state index in [2.05, 4.69) is 11.8 Å². The van der Waals surface area contributed by atoms with E-state index in [1.165, 1.54) is 19.3 Å². The van der Waals surface area contributed by atoms with Crippen LogP contribution in [0.25, 0.3) is 0 Å². The van der Waals surface area contributed by atoms with Crippen LogP contribution in [-0.2, 0) is 0 Å². The molecule has 1 aliphatic rings. The zero-order valence-corrected chi connectivity index (χ0v) is 12.0. The third-order valence-electron chi connectivity index (χ3n) is 3.89. The second-order valence-electron chi connectivity index (χ2n) is 5.53. The molecule has 1 N–H and O–H groups in total. The lowest BCUT2D eigenvalue weighted by atomic mass is 10.0. The van der Waals surface area contributed by atoms with Crippen LogP contribution in [0.15, 0.2) is 24.3 Å². The lowest BCUT2D eigenvalue weighted by molar-refractivity contribution is 0.0691. The predicted octanol–water partition coefficient (Wildman–Crippen LogP) is 2.89. The Morgan fingerprint density at radius 2 is 2.15 bits per heavy atom. The van der Waals surface area contributed by atoms with Crippen molar-refractivity contribution in [2.75, 3.05) is 26.2 Å². The summed E-state index contributed by atoms with van der Waals surface area (Å²) in [5.41, 5.74) is 0.233. The van der Waals surface area contributed by atoms with Gasteiger partial charge < -0.3 is 9.84 Å². The van der Waals surface area contributed by atoms with Gasteiger partial charge in [-0.1, -0.05) is 19.1 Å². The fraction of sp³-hybridized carbons (Fsp3) is 0.562. The zero-order valence-electron chi connectivity index (χ0n) is 12.0. The lowest BCUT2D eigenvalue weighted by Gasteiger charge is -2.20. The number of carbonyl (C=O) groups is 1. The third kappa shape index (κ3) is 4.23. The minimum Gasteiger partial charge on any atom is -0.491 e. The van der Waals surface area contributed by atoms with Crippen molar-refractivity contribution in [3.63, 3.8) is 0 Å². The second-order valence-corrected chi connectivity index (χ2v) is 5.53. The van der Waals surface area contributed by atoms with Gasteiger partial charge in [0.2, 0.25) is 0 Å². The monoisotopic (exact) mass is 277 g/mol.